The highest BCUT2D eigenvalue weighted by Crippen LogP contribution is 2.25. The Balaban J connectivity index is 1.75. The number of piperidine rings is 1. The van der Waals surface area contributed by atoms with Crippen LogP contribution in [0.25, 0.3) is 0 Å². The fourth-order valence-corrected chi connectivity index (χ4v) is 3.36. The third-order valence-electron chi connectivity index (χ3n) is 4.68. The first-order chi connectivity index (χ1) is 10.6. The maximum atomic E-state index is 12.1. The second-order valence-corrected chi connectivity index (χ2v) is 6.64. The highest BCUT2D eigenvalue weighted by molar-refractivity contribution is 5.77. The lowest BCUT2D eigenvalue weighted by atomic mass is 10.1. The van der Waals surface area contributed by atoms with E-state index < -0.39 is 0 Å². The molecule has 0 aliphatic carbocycles. The van der Waals surface area contributed by atoms with Crippen molar-refractivity contribution in [1.82, 2.24) is 14.9 Å². The van der Waals surface area contributed by atoms with E-state index >= 15 is 0 Å². The van der Waals surface area contributed by atoms with Gasteiger partial charge in [-0.3, -0.25) is 4.79 Å². The molecule has 2 aliphatic rings. The maximum absolute atomic E-state index is 12.1. The first kappa shape index (κ1) is 15.2. The topological polar surface area (TPSA) is 75.3 Å². The lowest BCUT2D eigenvalue weighted by Gasteiger charge is -2.34. The Morgan fingerprint density at radius 1 is 1.27 bits per heavy atom. The number of nitrogens with two attached hydrogens (primary N) is 1. The van der Waals surface area contributed by atoms with E-state index in [0.717, 1.165) is 44.0 Å². The molecule has 6 heteroatoms. The van der Waals surface area contributed by atoms with Crippen LogP contribution in [0, 0.1) is 0 Å². The summed E-state index contributed by atoms with van der Waals surface area (Å²) < 4.78 is 0. The van der Waals surface area contributed by atoms with Crippen LogP contribution in [0.4, 0.5) is 5.82 Å². The van der Waals surface area contributed by atoms with Crippen molar-refractivity contribution in [3.8, 4) is 0 Å². The molecule has 2 aliphatic heterocycles. The molecule has 1 aromatic rings. The molecule has 6 nitrogen and oxygen atoms in total. The highest BCUT2D eigenvalue weighted by Gasteiger charge is 2.38. The quantitative estimate of drug-likeness (QED) is 0.906. The molecule has 22 heavy (non-hydrogen) atoms. The van der Waals surface area contributed by atoms with Crippen LogP contribution in [0.1, 0.15) is 44.7 Å². The standard InChI is InChI=1S/C16H25N5O/c1-11(2)13-7-15(19-10-18-13)20-8-12(17)14(9-20)21-6-4-3-5-16(21)22/h7,10-12,14H,3-6,8-9,17H2,1-2H3/t12-,14-/m0/s1. The summed E-state index contributed by atoms with van der Waals surface area (Å²) in [6.07, 6.45) is 4.37. The van der Waals surface area contributed by atoms with Gasteiger partial charge in [-0.05, 0) is 18.8 Å². The lowest BCUT2D eigenvalue weighted by molar-refractivity contribution is -0.135. The van der Waals surface area contributed by atoms with Gasteiger partial charge in [0.05, 0.1) is 6.04 Å². The summed E-state index contributed by atoms with van der Waals surface area (Å²) in [5.74, 6) is 1.54. The molecule has 0 radical (unpaired) electrons. The Kier molecular flexibility index (Phi) is 4.29. The lowest BCUT2D eigenvalue weighted by Crippen LogP contribution is -2.51. The zero-order chi connectivity index (χ0) is 15.7. The Hall–Kier alpha value is -1.69. The summed E-state index contributed by atoms with van der Waals surface area (Å²) >= 11 is 0. The van der Waals surface area contributed by atoms with E-state index in [2.05, 4.69) is 28.7 Å². The van der Waals surface area contributed by atoms with Gasteiger partial charge < -0.3 is 15.5 Å². The van der Waals surface area contributed by atoms with Gasteiger partial charge in [-0.1, -0.05) is 13.8 Å². The predicted octanol–water partition coefficient (Wildman–Crippen LogP) is 1.13. The molecule has 3 heterocycles. The zero-order valence-electron chi connectivity index (χ0n) is 13.4. The Morgan fingerprint density at radius 3 is 2.82 bits per heavy atom. The number of aromatic nitrogens is 2. The third-order valence-corrected chi connectivity index (χ3v) is 4.68. The van der Waals surface area contributed by atoms with Crippen molar-refractivity contribution < 1.29 is 4.79 Å². The van der Waals surface area contributed by atoms with Crippen molar-refractivity contribution >= 4 is 11.7 Å². The molecule has 2 saturated heterocycles. The van der Waals surface area contributed by atoms with E-state index in [-0.39, 0.29) is 18.0 Å². The van der Waals surface area contributed by atoms with E-state index in [1.54, 1.807) is 6.33 Å². The number of carbonyl (C=O) groups is 1. The third kappa shape index (κ3) is 2.92. The van der Waals surface area contributed by atoms with Crippen LogP contribution in [-0.4, -0.2) is 52.5 Å². The maximum Gasteiger partial charge on any atom is 0.222 e. The molecule has 1 amide bonds. The van der Waals surface area contributed by atoms with Gasteiger partial charge in [0, 0.05) is 43.9 Å². The van der Waals surface area contributed by atoms with Crippen LogP contribution >= 0.6 is 0 Å². The molecule has 2 fully saturated rings. The van der Waals surface area contributed by atoms with Gasteiger partial charge in [-0.25, -0.2) is 9.97 Å². The van der Waals surface area contributed by atoms with Gasteiger partial charge in [-0.15, -0.1) is 0 Å². The normalized spacial score (nSPS) is 26.1. The van der Waals surface area contributed by atoms with Crippen LogP contribution in [-0.2, 0) is 4.79 Å². The summed E-state index contributed by atoms with van der Waals surface area (Å²) in [4.78, 5) is 25.0. The van der Waals surface area contributed by atoms with Crippen molar-refractivity contribution in [3.63, 3.8) is 0 Å². The van der Waals surface area contributed by atoms with Gasteiger partial charge in [0.25, 0.3) is 0 Å². The second-order valence-electron chi connectivity index (χ2n) is 6.64. The number of hydrogen-bond acceptors (Lipinski definition) is 5. The van der Waals surface area contributed by atoms with Gasteiger partial charge in [0.15, 0.2) is 0 Å². The van der Waals surface area contributed by atoms with E-state index in [4.69, 9.17) is 5.73 Å². The zero-order valence-corrected chi connectivity index (χ0v) is 13.4. The minimum atomic E-state index is -0.0143. The molecule has 2 atom stereocenters. The number of rotatable bonds is 3. The van der Waals surface area contributed by atoms with Crippen molar-refractivity contribution in [2.45, 2.75) is 51.1 Å². The molecule has 1 aromatic heterocycles. The smallest absolute Gasteiger partial charge is 0.222 e. The number of amides is 1. The largest absolute Gasteiger partial charge is 0.353 e. The van der Waals surface area contributed by atoms with Gasteiger partial charge in [-0.2, -0.15) is 0 Å². The summed E-state index contributed by atoms with van der Waals surface area (Å²) in [5, 5.41) is 0. The fraction of sp³-hybridized carbons (Fsp3) is 0.688. The summed E-state index contributed by atoms with van der Waals surface area (Å²) in [7, 11) is 0. The van der Waals surface area contributed by atoms with Crippen LogP contribution < -0.4 is 10.6 Å². The Labute approximate surface area is 131 Å². The fourth-order valence-electron chi connectivity index (χ4n) is 3.36. The molecule has 120 valence electrons. The van der Waals surface area contributed by atoms with Crippen LogP contribution in [0.3, 0.4) is 0 Å². The summed E-state index contributed by atoms with van der Waals surface area (Å²) in [6, 6.07) is 2.13. The number of carbonyl (C=O) groups excluding carboxylic acids is 1. The Bertz CT molecular complexity index is 547. The average Bonchev–Trinajstić information content (AvgIpc) is 2.90. The summed E-state index contributed by atoms with van der Waals surface area (Å²) in [6.45, 7) is 6.59. The van der Waals surface area contributed by atoms with Crippen LogP contribution in [0.2, 0.25) is 0 Å². The molecule has 0 spiro atoms. The van der Waals surface area contributed by atoms with Crippen molar-refractivity contribution in [2.24, 2.45) is 5.73 Å². The number of hydrogen-bond donors (Lipinski definition) is 1. The average molecular weight is 303 g/mol. The Morgan fingerprint density at radius 2 is 2.09 bits per heavy atom. The first-order valence-electron chi connectivity index (χ1n) is 8.18. The van der Waals surface area contributed by atoms with E-state index in [1.165, 1.54) is 0 Å². The van der Waals surface area contributed by atoms with Crippen LogP contribution in [0.5, 0.6) is 0 Å². The van der Waals surface area contributed by atoms with E-state index in [0.29, 0.717) is 12.3 Å². The molecule has 0 unspecified atom stereocenters. The molecule has 0 bridgehead atoms. The monoisotopic (exact) mass is 303 g/mol. The van der Waals surface area contributed by atoms with Crippen molar-refractivity contribution in [1.29, 1.82) is 0 Å². The molecule has 0 saturated carbocycles. The number of anilines is 1. The molecular formula is C16H25N5O. The molecule has 3 rings (SSSR count). The van der Waals surface area contributed by atoms with Gasteiger partial charge >= 0.3 is 0 Å². The second kappa shape index (κ2) is 6.20. The van der Waals surface area contributed by atoms with Gasteiger partial charge in [0.1, 0.15) is 12.1 Å². The molecular weight excluding hydrogens is 278 g/mol. The SMILES string of the molecule is CC(C)c1cc(N2C[C@H](N)[C@@H](N3CCCCC3=O)C2)ncn1. The molecule has 0 aromatic carbocycles. The number of likely N-dealkylation sites (tertiary alicyclic amines) is 1. The minimum absolute atomic E-state index is 0.0143. The summed E-state index contributed by atoms with van der Waals surface area (Å²) in [5.41, 5.74) is 7.36. The number of nitrogens with zero attached hydrogens (tertiary/aromatic N) is 4. The van der Waals surface area contributed by atoms with Gasteiger partial charge in [0.2, 0.25) is 5.91 Å². The molecule has 2 N–H and O–H groups in total. The highest BCUT2D eigenvalue weighted by atomic mass is 16.2. The van der Waals surface area contributed by atoms with E-state index in [9.17, 15) is 4.79 Å². The minimum Gasteiger partial charge on any atom is -0.353 e. The van der Waals surface area contributed by atoms with Crippen molar-refractivity contribution in [2.75, 3.05) is 24.5 Å². The van der Waals surface area contributed by atoms with E-state index in [1.807, 2.05) is 11.0 Å². The van der Waals surface area contributed by atoms with Crippen LogP contribution in [0.15, 0.2) is 12.4 Å². The first-order valence-corrected chi connectivity index (χ1v) is 8.18. The predicted molar refractivity (Wildman–Crippen MR) is 85.7 cm³/mol. The van der Waals surface area contributed by atoms with Crippen molar-refractivity contribution in [3.05, 3.63) is 18.1 Å².